The Labute approximate surface area is 56.7 Å². The zero-order valence-corrected chi connectivity index (χ0v) is 6.42. The van der Waals surface area contributed by atoms with Crippen molar-refractivity contribution in [3.63, 3.8) is 0 Å². The van der Waals surface area contributed by atoms with Crippen molar-refractivity contribution in [1.29, 1.82) is 0 Å². The number of hydrazine groups is 1. The van der Waals surface area contributed by atoms with Crippen LogP contribution < -0.4 is 5.84 Å². The summed E-state index contributed by atoms with van der Waals surface area (Å²) in [5.41, 5.74) is 0. The Hall–Kier alpha value is -0.120. The first kappa shape index (κ1) is 8.88. The van der Waals surface area contributed by atoms with Crippen LogP contribution in [0.5, 0.6) is 0 Å². The maximum absolute atomic E-state index is 5.45. The monoisotopic (exact) mass is 132 g/mol. The lowest BCUT2D eigenvalue weighted by molar-refractivity contribution is -0.182. The van der Waals surface area contributed by atoms with Crippen LogP contribution in [-0.2, 0) is 4.84 Å². The second-order valence-electron chi connectivity index (χ2n) is 2.03. The molecule has 0 aliphatic carbocycles. The minimum atomic E-state index is 0.310. The van der Waals surface area contributed by atoms with Crippen LogP contribution in [0.15, 0.2) is 0 Å². The molecule has 56 valence electrons. The van der Waals surface area contributed by atoms with E-state index in [-0.39, 0.29) is 0 Å². The summed E-state index contributed by atoms with van der Waals surface area (Å²) in [6, 6.07) is 0.310. The largest absolute Gasteiger partial charge is 0.284 e. The topological polar surface area (TPSA) is 38.5 Å². The molecule has 0 aromatic rings. The van der Waals surface area contributed by atoms with E-state index in [0.29, 0.717) is 12.6 Å². The van der Waals surface area contributed by atoms with Gasteiger partial charge >= 0.3 is 0 Å². The van der Waals surface area contributed by atoms with E-state index in [2.05, 4.69) is 6.92 Å². The molecule has 1 atom stereocenters. The van der Waals surface area contributed by atoms with Crippen LogP contribution in [0.2, 0.25) is 0 Å². The molecule has 0 fully saturated rings. The van der Waals surface area contributed by atoms with Crippen LogP contribution in [0.3, 0.4) is 0 Å². The Morgan fingerprint density at radius 1 is 1.56 bits per heavy atom. The van der Waals surface area contributed by atoms with Crippen LogP contribution >= 0.6 is 0 Å². The van der Waals surface area contributed by atoms with E-state index >= 15 is 0 Å². The van der Waals surface area contributed by atoms with Gasteiger partial charge in [-0.25, -0.2) is 5.84 Å². The first-order valence-electron chi connectivity index (χ1n) is 3.39. The van der Waals surface area contributed by atoms with Crippen molar-refractivity contribution >= 4 is 0 Å². The number of hydrogen-bond donors (Lipinski definition) is 1. The minimum absolute atomic E-state index is 0.310. The van der Waals surface area contributed by atoms with Gasteiger partial charge in [-0.1, -0.05) is 6.92 Å². The van der Waals surface area contributed by atoms with Gasteiger partial charge < -0.3 is 0 Å². The molecule has 0 aromatic carbocycles. The molecule has 1 unspecified atom stereocenters. The number of rotatable bonds is 4. The summed E-state index contributed by atoms with van der Waals surface area (Å²) < 4.78 is 0. The number of nitrogens with two attached hydrogens (primary N) is 1. The lowest BCUT2D eigenvalue weighted by atomic mass is 10.3. The first-order chi connectivity index (χ1) is 4.22. The molecular weight excluding hydrogens is 116 g/mol. The Morgan fingerprint density at radius 2 is 2.11 bits per heavy atom. The molecule has 0 rings (SSSR count). The van der Waals surface area contributed by atoms with Crippen molar-refractivity contribution in [3.05, 3.63) is 0 Å². The average molecular weight is 132 g/mol. The Kier molecular flexibility index (Phi) is 4.67. The third kappa shape index (κ3) is 3.46. The highest BCUT2D eigenvalue weighted by molar-refractivity contribution is 4.48. The van der Waals surface area contributed by atoms with E-state index in [1.807, 2.05) is 13.8 Å². The van der Waals surface area contributed by atoms with Gasteiger partial charge in [0.2, 0.25) is 0 Å². The summed E-state index contributed by atoms with van der Waals surface area (Å²) in [6.07, 6.45) is 1.01. The summed E-state index contributed by atoms with van der Waals surface area (Å²) in [6.45, 7) is 6.66. The van der Waals surface area contributed by atoms with Gasteiger partial charge in [-0.2, -0.15) is 0 Å². The molecule has 3 nitrogen and oxygen atoms in total. The van der Waals surface area contributed by atoms with Crippen LogP contribution in [0, 0.1) is 0 Å². The van der Waals surface area contributed by atoms with E-state index < -0.39 is 0 Å². The molecule has 0 aromatic heterocycles. The average Bonchev–Trinajstić information content (AvgIpc) is 1.87. The smallest absolute Gasteiger partial charge is 0.0673 e. The lowest BCUT2D eigenvalue weighted by Crippen LogP contribution is -2.38. The summed E-state index contributed by atoms with van der Waals surface area (Å²) in [5.74, 6) is 5.45. The molecule has 0 spiro atoms. The Balaban J connectivity index is 3.32. The van der Waals surface area contributed by atoms with E-state index in [1.165, 1.54) is 5.17 Å². The highest BCUT2D eigenvalue weighted by Gasteiger charge is 2.05. The fourth-order valence-corrected chi connectivity index (χ4v) is 0.456. The molecule has 0 saturated carbocycles. The Bertz CT molecular complexity index is 68.1. The highest BCUT2D eigenvalue weighted by atomic mass is 16.7. The minimum Gasteiger partial charge on any atom is -0.284 e. The van der Waals surface area contributed by atoms with Crippen molar-refractivity contribution in [2.45, 2.75) is 33.2 Å². The first-order valence-corrected chi connectivity index (χ1v) is 3.39. The highest BCUT2D eigenvalue weighted by Crippen LogP contribution is 1.96. The molecule has 0 aliphatic rings. The number of hydroxylamine groups is 1. The molecule has 0 radical (unpaired) electrons. The summed E-state index contributed by atoms with van der Waals surface area (Å²) in [7, 11) is 0. The molecule has 0 amide bonds. The van der Waals surface area contributed by atoms with E-state index in [4.69, 9.17) is 10.7 Å². The predicted molar refractivity (Wildman–Crippen MR) is 37.4 cm³/mol. The maximum Gasteiger partial charge on any atom is 0.0673 e. The van der Waals surface area contributed by atoms with Gasteiger partial charge in [0.1, 0.15) is 0 Å². The number of hydrogen-bond acceptors (Lipinski definition) is 3. The van der Waals surface area contributed by atoms with Gasteiger partial charge in [0.15, 0.2) is 0 Å². The van der Waals surface area contributed by atoms with Crippen LogP contribution in [-0.4, -0.2) is 17.8 Å². The van der Waals surface area contributed by atoms with Crippen molar-refractivity contribution in [3.8, 4) is 0 Å². The number of nitrogens with zero attached hydrogens (tertiary/aromatic N) is 1. The van der Waals surface area contributed by atoms with Gasteiger partial charge in [0.25, 0.3) is 0 Å². The zero-order chi connectivity index (χ0) is 7.28. The molecule has 0 bridgehead atoms. The fraction of sp³-hybridized carbons (Fsp3) is 1.00. The van der Waals surface area contributed by atoms with Crippen LogP contribution in [0.25, 0.3) is 0 Å². The van der Waals surface area contributed by atoms with Crippen molar-refractivity contribution in [1.82, 2.24) is 5.17 Å². The lowest BCUT2D eigenvalue weighted by Gasteiger charge is -2.20. The molecule has 0 aliphatic heterocycles. The SMILES string of the molecule is CCON(N)C(C)CC. The van der Waals surface area contributed by atoms with Gasteiger partial charge in [0, 0.05) is 6.04 Å². The fourth-order valence-electron chi connectivity index (χ4n) is 0.456. The zero-order valence-electron chi connectivity index (χ0n) is 6.42. The molecule has 0 saturated heterocycles. The van der Waals surface area contributed by atoms with E-state index in [1.54, 1.807) is 0 Å². The van der Waals surface area contributed by atoms with Crippen molar-refractivity contribution in [2.75, 3.05) is 6.61 Å². The summed E-state index contributed by atoms with van der Waals surface area (Å²) >= 11 is 0. The van der Waals surface area contributed by atoms with Gasteiger partial charge in [-0.05, 0) is 20.3 Å². The van der Waals surface area contributed by atoms with Gasteiger partial charge in [0.05, 0.1) is 6.61 Å². The summed E-state index contributed by atoms with van der Waals surface area (Å²) in [4.78, 5) is 5.01. The third-order valence-corrected chi connectivity index (χ3v) is 1.30. The van der Waals surface area contributed by atoms with E-state index in [0.717, 1.165) is 6.42 Å². The molecule has 3 heteroatoms. The normalized spacial score (nSPS) is 14.3. The van der Waals surface area contributed by atoms with Gasteiger partial charge in [-0.15, -0.1) is 5.17 Å². The Morgan fingerprint density at radius 3 is 2.44 bits per heavy atom. The second kappa shape index (κ2) is 4.73. The third-order valence-electron chi connectivity index (χ3n) is 1.30. The van der Waals surface area contributed by atoms with Crippen LogP contribution in [0.4, 0.5) is 0 Å². The molecular formula is C6H16N2O. The standard InChI is InChI=1S/C6H16N2O/c1-4-6(3)8(7)9-5-2/h6H,4-5,7H2,1-3H3. The quantitative estimate of drug-likeness (QED) is 0.456. The van der Waals surface area contributed by atoms with Crippen molar-refractivity contribution in [2.24, 2.45) is 5.84 Å². The molecule has 9 heavy (non-hydrogen) atoms. The van der Waals surface area contributed by atoms with Crippen LogP contribution in [0.1, 0.15) is 27.2 Å². The second-order valence-corrected chi connectivity index (χ2v) is 2.03. The van der Waals surface area contributed by atoms with Gasteiger partial charge in [-0.3, -0.25) is 4.84 Å². The maximum atomic E-state index is 5.45. The summed E-state index contributed by atoms with van der Waals surface area (Å²) in [5, 5.41) is 1.40. The van der Waals surface area contributed by atoms with Crippen molar-refractivity contribution < 1.29 is 4.84 Å². The molecule has 2 N–H and O–H groups in total. The molecule has 0 heterocycles. The predicted octanol–water partition coefficient (Wildman–Crippen LogP) is 0.912. The van der Waals surface area contributed by atoms with E-state index in [9.17, 15) is 0 Å².